The van der Waals surface area contributed by atoms with E-state index in [1.807, 2.05) is 0 Å². The lowest BCUT2D eigenvalue weighted by Gasteiger charge is -2.14. The number of aromatic nitrogens is 2. The maximum atomic E-state index is 12.6. The number of carbonyl (C=O) groups excluding carboxylic acids is 2. The lowest BCUT2D eigenvalue weighted by molar-refractivity contribution is -0.116. The average Bonchev–Trinajstić information content (AvgIpc) is 3.23. The minimum Gasteiger partial charge on any atom is -0.476 e. The molecule has 0 unspecified atom stereocenters. The van der Waals surface area contributed by atoms with Gasteiger partial charge in [0.1, 0.15) is 5.00 Å². The molecular formula is C19H23N3O5S. The third kappa shape index (κ3) is 4.59. The molecule has 0 aliphatic heterocycles. The first-order valence-corrected chi connectivity index (χ1v) is 10.1. The van der Waals surface area contributed by atoms with E-state index in [1.54, 1.807) is 13.8 Å². The number of nitrogens with one attached hydrogen (secondary N) is 1. The Hall–Kier alpha value is -2.68. The smallest absolute Gasteiger partial charge is 0.356 e. The van der Waals surface area contributed by atoms with Crippen molar-refractivity contribution >= 4 is 34.2 Å². The first-order chi connectivity index (χ1) is 13.3. The van der Waals surface area contributed by atoms with E-state index in [-0.39, 0.29) is 30.7 Å². The second kappa shape index (κ2) is 8.55. The van der Waals surface area contributed by atoms with Crippen LogP contribution in [0.15, 0.2) is 12.3 Å². The summed E-state index contributed by atoms with van der Waals surface area (Å²) in [5.74, 6) is -1.77. The molecule has 8 nitrogen and oxygen atoms in total. The zero-order valence-electron chi connectivity index (χ0n) is 15.9. The molecule has 3 rings (SSSR count). The predicted octanol–water partition coefficient (Wildman–Crippen LogP) is 3.12. The van der Waals surface area contributed by atoms with Crippen molar-refractivity contribution in [1.29, 1.82) is 0 Å². The summed E-state index contributed by atoms with van der Waals surface area (Å²) in [5.41, 5.74) is 1.41. The second-order valence-electron chi connectivity index (χ2n) is 6.94. The van der Waals surface area contributed by atoms with Gasteiger partial charge in [-0.25, -0.2) is 9.59 Å². The summed E-state index contributed by atoms with van der Waals surface area (Å²) in [4.78, 5) is 37.0. The van der Waals surface area contributed by atoms with Crippen LogP contribution in [0.1, 0.15) is 64.4 Å². The Bertz CT molecular complexity index is 900. The van der Waals surface area contributed by atoms with E-state index in [4.69, 9.17) is 9.84 Å². The van der Waals surface area contributed by atoms with Gasteiger partial charge in [0.05, 0.1) is 11.7 Å². The maximum absolute atomic E-state index is 12.6. The summed E-state index contributed by atoms with van der Waals surface area (Å²) in [6.45, 7) is 3.84. The minimum atomic E-state index is -1.11. The van der Waals surface area contributed by atoms with Gasteiger partial charge in [-0.15, -0.1) is 11.3 Å². The number of nitrogens with zero attached hydrogens (tertiary/aromatic N) is 2. The molecular weight excluding hydrogens is 382 g/mol. The lowest BCUT2D eigenvalue weighted by atomic mass is 9.95. The van der Waals surface area contributed by atoms with Crippen LogP contribution < -0.4 is 5.32 Å². The molecule has 0 saturated heterocycles. The Morgan fingerprint density at radius 3 is 2.75 bits per heavy atom. The van der Waals surface area contributed by atoms with E-state index >= 15 is 0 Å². The molecule has 0 bridgehead atoms. The number of thiophene rings is 1. The van der Waals surface area contributed by atoms with E-state index < -0.39 is 11.9 Å². The maximum Gasteiger partial charge on any atom is 0.356 e. The van der Waals surface area contributed by atoms with Gasteiger partial charge in [0.15, 0.2) is 5.69 Å². The molecule has 2 aromatic heterocycles. The molecule has 1 aliphatic carbocycles. The van der Waals surface area contributed by atoms with Crippen LogP contribution in [0, 0.1) is 0 Å². The fourth-order valence-corrected chi connectivity index (χ4v) is 4.44. The van der Waals surface area contributed by atoms with Crippen molar-refractivity contribution in [3.8, 4) is 0 Å². The number of anilines is 1. The van der Waals surface area contributed by atoms with E-state index in [2.05, 4.69) is 10.4 Å². The van der Waals surface area contributed by atoms with Crippen LogP contribution in [0.25, 0.3) is 0 Å². The Balaban J connectivity index is 1.71. The summed E-state index contributed by atoms with van der Waals surface area (Å²) in [6.07, 6.45) is 5.21. The summed E-state index contributed by atoms with van der Waals surface area (Å²) in [5, 5.41) is 16.2. The normalized spacial score (nSPS) is 13.2. The van der Waals surface area contributed by atoms with Crippen molar-refractivity contribution in [2.24, 2.45) is 0 Å². The second-order valence-corrected chi connectivity index (χ2v) is 8.04. The van der Waals surface area contributed by atoms with E-state index in [0.717, 1.165) is 36.1 Å². The third-order valence-corrected chi connectivity index (χ3v) is 5.61. The highest BCUT2D eigenvalue weighted by Crippen LogP contribution is 2.38. The number of esters is 1. The van der Waals surface area contributed by atoms with Crippen LogP contribution in [-0.2, 0) is 28.9 Å². The number of hydrogen-bond donors (Lipinski definition) is 2. The molecule has 150 valence electrons. The molecule has 0 aromatic carbocycles. The van der Waals surface area contributed by atoms with E-state index in [1.165, 1.54) is 28.3 Å². The predicted molar refractivity (Wildman–Crippen MR) is 104 cm³/mol. The third-order valence-electron chi connectivity index (χ3n) is 4.40. The first-order valence-electron chi connectivity index (χ1n) is 9.27. The van der Waals surface area contributed by atoms with Crippen LogP contribution in [-0.4, -0.2) is 38.8 Å². The highest BCUT2D eigenvalue weighted by atomic mass is 32.1. The van der Waals surface area contributed by atoms with Gasteiger partial charge >= 0.3 is 11.9 Å². The molecule has 0 saturated carbocycles. The summed E-state index contributed by atoms with van der Waals surface area (Å²) in [6, 6.07) is 1.38. The summed E-state index contributed by atoms with van der Waals surface area (Å²) in [7, 11) is 0. The van der Waals surface area contributed by atoms with Gasteiger partial charge in [-0.1, -0.05) is 0 Å². The minimum absolute atomic E-state index is 0.0648. The monoisotopic (exact) mass is 405 g/mol. The molecule has 0 atom stereocenters. The topological polar surface area (TPSA) is 111 Å². The van der Waals surface area contributed by atoms with Crippen molar-refractivity contribution in [2.45, 2.75) is 58.6 Å². The molecule has 2 aromatic rings. The Morgan fingerprint density at radius 2 is 2.07 bits per heavy atom. The zero-order chi connectivity index (χ0) is 20.3. The Morgan fingerprint density at radius 1 is 1.32 bits per heavy atom. The Kier molecular flexibility index (Phi) is 6.13. The van der Waals surface area contributed by atoms with E-state index in [9.17, 15) is 14.4 Å². The fraction of sp³-hybridized carbons (Fsp3) is 0.474. The molecule has 1 aliphatic rings. The number of aryl methyl sites for hydroxylation is 2. The highest BCUT2D eigenvalue weighted by Gasteiger charge is 2.27. The number of ether oxygens (including phenoxy) is 1. The number of aromatic carboxylic acids is 1. The quantitative estimate of drug-likeness (QED) is 0.685. The number of hydrogen-bond acceptors (Lipinski definition) is 6. The lowest BCUT2D eigenvalue weighted by Crippen LogP contribution is -2.18. The Labute approximate surface area is 166 Å². The van der Waals surface area contributed by atoms with Crippen molar-refractivity contribution in [1.82, 2.24) is 9.78 Å². The van der Waals surface area contributed by atoms with Crippen LogP contribution in [0.5, 0.6) is 0 Å². The van der Waals surface area contributed by atoms with Gasteiger partial charge in [0, 0.05) is 24.0 Å². The molecule has 1 amide bonds. The standard InChI is InChI=1S/C19H23N3O5S/c1-11(2)27-19(26)16-12-5-3-4-6-14(12)28-17(16)20-15(23)8-10-22-9-7-13(21-22)18(24)25/h7,9,11H,3-6,8,10H2,1-2H3,(H,20,23)(H,24,25). The number of carboxylic acids is 1. The van der Waals surface area contributed by atoms with Crippen LogP contribution in [0.2, 0.25) is 0 Å². The number of carbonyl (C=O) groups is 3. The number of rotatable bonds is 7. The number of amides is 1. The number of carboxylic acid groups (broad SMARTS) is 1. The van der Waals surface area contributed by atoms with Gasteiger partial charge in [-0.3, -0.25) is 9.48 Å². The summed E-state index contributed by atoms with van der Waals surface area (Å²) < 4.78 is 6.80. The molecule has 28 heavy (non-hydrogen) atoms. The van der Waals surface area contributed by atoms with Gasteiger partial charge < -0.3 is 15.2 Å². The molecule has 0 spiro atoms. The van der Waals surface area contributed by atoms with E-state index in [0.29, 0.717) is 10.6 Å². The molecule has 0 radical (unpaired) electrons. The molecule has 0 fully saturated rings. The summed E-state index contributed by atoms with van der Waals surface area (Å²) >= 11 is 1.44. The van der Waals surface area contributed by atoms with Crippen LogP contribution in [0.3, 0.4) is 0 Å². The average molecular weight is 405 g/mol. The first kappa shape index (κ1) is 20.1. The van der Waals surface area contributed by atoms with Gasteiger partial charge in [-0.05, 0) is 51.2 Å². The zero-order valence-corrected chi connectivity index (χ0v) is 16.7. The number of fused-ring (bicyclic) bond motifs is 1. The largest absolute Gasteiger partial charge is 0.476 e. The highest BCUT2D eigenvalue weighted by molar-refractivity contribution is 7.17. The fourth-order valence-electron chi connectivity index (χ4n) is 3.15. The van der Waals surface area contributed by atoms with Gasteiger partial charge in [0.25, 0.3) is 0 Å². The van der Waals surface area contributed by atoms with Crippen molar-refractivity contribution in [2.75, 3.05) is 5.32 Å². The van der Waals surface area contributed by atoms with Gasteiger partial charge in [0.2, 0.25) is 5.91 Å². The SMILES string of the molecule is CC(C)OC(=O)c1c(NC(=O)CCn2ccc(C(=O)O)n2)sc2c1CCCC2. The molecule has 2 N–H and O–H groups in total. The van der Waals surface area contributed by atoms with Crippen molar-refractivity contribution in [3.05, 3.63) is 34.0 Å². The van der Waals surface area contributed by atoms with Crippen molar-refractivity contribution in [3.63, 3.8) is 0 Å². The molecule has 9 heteroatoms. The van der Waals surface area contributed by atoms with Gasteiger partial charge in [-0.2, -0.15) is 5.10 Å². The van der Waals surface area contributed by atoms with Crippen LogP contribution in [0.4, 0.5) is 5.00 Å². The van der Waals surface area contributed by atoms with Crippen molar-refractivity contribution < 1.29 is 24.2 Å². The van der Waals surface area contributed by atoms with Crippen LogP contribution >= 0.6 is 11.3 Å². The molecule has 2 heterocycles.